The number of nitrogens with one attached hydrogen (secondary N) is 1. The van der Waals surface area contributed by atoms with Crippen molar-refractivity contribution >= 4 is 12.0 Å². The summed E-state index contributed by atoms with van der Waals surface area (Å²) < 4.78 is 5.76. The molecule has 0 spiro atoms. The van der Waals surface area contributed by atoms with Crippen LogP contribution in [0.15, 0.2) is 73.2 Å². The SMILES string of the molecule is CC(C)[C@@H](C(=O)N(Cc1ccccc1)Cc1ccccc1)N(CCc1cnc[nH]1)C(=O)OC(C)(C)C. The molecule has 7 heteroatoms. The first-order valence-electron chi connectivity index (χ1n) is 12.5. The highest BCUT2D eigenvalue weighted by Gasteiger charge is 2.37. The molecule has 1 aromatic heterocycles. The van der Waals surface area contributed by atoms with E-state index in [1.807, 2.05) is 100 Å². The van der Waals surface area contributed by atoms with Gasteiger partial charge in [0.15, 0.2) is 0 Å². The molecule has 1 N–H and O–H groups in total. The van der Waals surface area contributed by atoms with E-state index in [9.17, 15) is 9.59 Å². The second-order valence-corrected chi connectivity index (χ2v) is 10.4. The van der Waals surface area contributed by atoms with Crippen LogP contribution in [0.1, 0.15) is 51.4 Å². The summed E-state index contributed by atoms with van der Waals surface area (Å²) in [6.07, 6.45) is 3.39. The topological polar surface area (TPSA) is 78.5 Å². The van der Waals surface area contributed by atoms with Crippen molar-refractivity contribution in [2.45, 2.75) is 65.8 Å². The van der Waals surface area contributed by atoms with Crippen molar-refractivity contribution in [1.29, 1.82) is 0 Å². The number of nitrogens with zero attached hydrogens (tertiary/aromatic N) is 3. The molecule has 1 atom stereocenters. The molecule has 192 valence electrons. The van der Waals surface area contributed by atoms with Gasteiger partial charge in [0, 0.05) is 37.9 Å². The van der Waals surface area contributed by atoms with Gasteiger partial charge in [-0.3, -0.25) is 9.69 Å². The summed E-state index contributed by atoms with van der Waals surface area (Å²) in [6, 6.07) is 19.2. The number of amides is 2. The maximum atomic E-state index is 14.2. The lowest BCUT2D eigenvalue weighted by atomic mass is 9.99. The zero-order chi connectivity index (χ0) is 26.1. The predicted octanol–water partition coefficient (Wildman–Crippen LogP) is 5.44. The zero-order valence-electron chi connectivity index (χ0n) is 22.0. The molecule has 3 aromatic rings. The number of carbonyl (C=O) groups excluding carboxylic acids is 2. The van der Waals surface area contributed by atoms with E-state index in [1.54, 1.807) is 17.4 Å². The van der Waals surface area contributed by atoms with Gasteiger partial charge in [-0.25, -0.2) is 9.78 Å². The molecule has 0 bridgehead atoms. The highest BCUT2D eigenvalue weighted by atomic mass is 16.6. The van der Waals surface area contributed by atoms with Gasteiger partial charge in [-0.2, -0.15) is 0 Å². The monoisotopic (exact) mass is 490 g/mol. The van der Waals surface area contributed by atoms with Gasteiger partial charge < -0.3 is 14.6 Å². The third-order valence-corrected chi connectivity index (χ3v) is 5.77. The minimum absolute atomic E-state index is 0.104. The van der Waals surface area contributed by atoms with Gasteiger partial charge in [-0.05, 0) is 37.8 Å². The van der Waals surface area contributed by atoms with Crippen LogP contribution in [-0.2, 0) is 29.0 Å². The number of ether oxygens (including phenoxy) is 1. The molecule has 0 fully saturated rings. The molecule has 2 aromatic carbocycles. The molecule has 1 heterocycles. The number of benzene rings is 2. The lowest BCUT2D eigenvalue weighted by molar-refractivity contribution is -0.140. The summed E-state index contributed by atoms with van der Waals surface area (Å²) in [6.45, 7) is 10.7. The van der Waals surface area contributed by atoms with Crippen LogP contribution < -0.4 is 0 Å². The Bertz CT molecular complexity index is 1040. The van der Waals surface area contributed by atoms with Gasteiger partial charge in [0.1, 0.15) is 11.6 Å². The molecular weight excluding hydrogens is 452 g/mol. The Labute approximate surface area is 214 Å². The van der Waals surface area contributed by atoms with Crippen LogP contribution in [0.2, 0.25) is 0 Å². The Morgan fingerprint density at radius 1 is 0.944 bits per heavy atom. The normalized spacial score (nSPS) is 12.3. The highest BCUT2D eigenvalue weighted by Crippen LogP contribution is 2.22. The van der Waals surface area contributed by atoms with E-state index in [2.05, 4.69) is 9.97 Å². The van der Waals surface area contributed by atoms with Crippen molar-refractivity contribution in [3.63, 3.8) is 0 Å². The number of hydrogen-bond acceptors (Lipinski definition) is 4. The van der Waals surface area contributed by atoms with Crippen molar-refractivity contribution in [3.05, 3.63) is 90.0 Å². The van der Waals surface area contributed by atoms with Crippen molar-refractivity contribution in [2.24, 2.45) is 5.92 Å². The second kappa shape index (κ2) is 12.4. The first-order chi connectivity index (χ1) is 17.1. The first kappa shape index (κ1) is 27.0. The van der Waals surface area contributed by atoms with Crippen molar-refractivity contribution in [2.75, 3.05) is 6.54 Å². The fourth-order valence-electron chi connectivity index (χ4n) is 4.11. The maximum absolute atomic E-state index is 14.2. The van der Waals surface area contributed by atoms with E-state index in [0.717, 1.165) is 16.8 Å². The number of imidazole rings is 1. The van der Waals surface area contributed by atoms with Crippen LogP contribution in [0, 0.1) is 5.92 Å². The van der Waals surface area contributed by atoms with Crippen molar-refractivity contribution in [3.8, 4) is 0 Å². The van der Waals surface area contributed by atoms with Crippen LogP contribution in [-0.4, -0.2) is 50.0 Å². The number of rotatable bonds is 10. The third kappa shape index (κ3) is 7.97. The molecule has 36 heavy (non-hydrogen) atoms. The fourth-order valence-corrected chi connectivity index (χ4v) is 4.11. The van der Waals surface area contributed by atoms with Gasteiger partial charge in [0.25, 0.3) is 0 Å². The molecule has 7 nitrogen and oxygen atoms in total. The number of aromatic nitrogens is 2. The van der Waals surface area contributed by atoms with E-state index in [-0.39, 0.29) is 11.8 Å². The average Bonchev–Trinajstić information content (AvgIpc) is 3.34. The molecule has 0 aliphatic heterocycles. The molecule has 0 aliphatic carbocycles. The van der Waals surface area contributed by atoms with Crippen LogP contribution >= 0.6 is 0 Å². The first-order valence-corrected chi connectivity index (χ1v) is 12.5. The quantitative estimate of drug-likeness (QED) is 0.410. The van der Waals surface area contributed by atoms with E-state index in [0.29, 0.717) is 26.1 Å². The highest BCUT2D eigenvalue weighted by molar-refractivity contribution is 5.86. The van der Waals surface area contributed by atoms with Gasteiger partial charge in [-0.15, -0.1) is 0 Å². The second-order valence-electron chi connectivity index (χ2n) is 10.4. The van der Waals surface area contributed by atoms with Crippen molar-refractivity contribution in [1.82, 2.24) is 19.8 Å². The number of hydrogen-bond donors (Lipinski definition) is 1. The Balaban J connectivity index is 1.93. The minimum Gasteiger partial charge on any atom is -0.444 e. The van der Waals surface area contributed by atoms with E-state index >= 15 is 0 Å². The smallest absolute Gasteiger partial charge is 0.410 e. The summed E-state index contributed by atoms with van der Waals surface area (Å²) in [5.41, 5.74) is 2.28. The number of aromatic amines is 1. The Kier molecular flexibility index (Phi) is 9.28. The maximum Gasteiger partial charge on any atom is 0.410 e. The van der Waals surface area contributed by atoms with Crippen LogP contribution in [0.3, 0.4) is 0 Å². The summed E-state index contributed by atoms with van der Waals surface area (Å²) in [7, 11) is 0. The standard InChI is InChI=1S/C29H38N4O3/c1-22(2)26(33(28(35)36-29(3,4)5)17-16-25-18-30-21-31-25)27(34)32(19-23-12-8-6-9-13-23)20-24-14-10-7-11-15-24/h6-15,18,21-22,26H,16-17,19-20H2,1-5H3,(H,30,31)/t26-/m0/s1. The molecule has 3 rings (SSSR count). The Morgan fingerprint density at radius 2 is 1.50 bits per heavy atom. The number of carbonyl (C=O) groups is 2. The van der Waals surface area contributed by atoms with E-state index in [1.165, 1.54) is 0 Å². The van der Waals surface area contributed by atoms with Gasteiger partial charge >= 0.3 is 6.09 Å². The minimum atomic E-state index is -0.685. The molecular formula is C29H38N4O3. The predicted molar refractivity (Wildman–Crippen MR) is 141 cm³/mol. The molecule has 0 radical (unpaired) electrons. The van der Waals surface area contributed by atoms with Crippen LogP contribution in [0.25, 0.3) is 0 Å². The Morgan fingerprint density at radius 3 is 1.94 bits per heavy atom. The van der Waals surface area contributed by atoms with Gasteiger partial charge in [-0.1, -0.05) is 74.5 Å². The van der Waals surface area contributed by atoms with E-state index in [4.69, 9.17) is 4.74 Å². The molecule has 0 saturated carbocycles. The number of H-pyrrole nitrogens is 1. The average molecular weight is 491 g/mol. The summed E-state index contributed by atoms with van der Waals surface area (Å²) >= 11 is 0. The lowest BCUT2D eigenvalue weighted by Gasteiger charge is -2.37. The van der Waals surface area contributed by atoms with Gasteiger partial charge in [0.05, 0.1) is 6.33 Å². The molecule has 0 aliphatic rings. The summed E-state index contributed by atoms with van der Waals surface area (Å²) in [4.78, 5) is 38.2. The zero-order valence-corrected chi connectivity index (χ0v) is 22.0. The van der Waals surface area contributed by atoms with Crippen LogP contribution in [0.4, 0.5) is 4.79 Å². The van der Waals surface area contributed by atoms with Crippen LogP contribution in [0.5, 0.6) is 0 Å². The largest absolute Gasteiger partial charge is 0.444 e. The van der Waals surface area contributed by atoms with E-state index < -0.39 is 17.7 Å². The molecule has 0 unspecified atom stereocenters. The van der Waals surface area contributed by atoms with Crippen molar-refractivity contribution < 1.29 is 14.3 Å². The fraction of sp³-hybridized carbons (Fsp3) is 0.414. The van der Waals surface area contributed by atoms with Gasteiger partial charge in [0.2, 0.25) is 5.91 Å². The third-order valence-electron chi connectivity index (χ3n) is 5.77. The molecule has 0 saturated heterocycles. The Hall–Kier alpha value is -3.61. The molecule has 2 amide bonds. The summed E-state index contributed by atoms with van der Waals surface area (Å²) in [5, 5.41) is 0. The lowest BCUT2D eigenvalue weighted by Crippen LogP contribution is -2.54. The summed E-state index contributed by atoms with van der Waals surface area (Å²) in [5.74, 6) is -0.228.